The first-order valence-electron chi connectivity index (χ1n) is 8.92. The summed E-state index contributed by atoms with van der Waals surface area (Å²) in [6.45, 7) is 4.48. The van der Waals surface area contributed by atoms with E-state index in [0.717, 1.165) is 42.4 Å². The van der Waals surface area contributed by atoms with Gasteiger partial charge in [0.25, 0.3) is 0 Å². The van der Waals surface area contributed by atoms with Crippen LogP contribution >= 0.6 is 0 Å². The number of allylic oxidation sites excluding steroid dienone is 1. The van der Waals surface area contributed by atoms with Crippen molar-refractivity contribution in [2.45, 2.75) is 50.9 Å². The number of fused-ring (bicyclic) bond motifs is 1. The predicted molar refractivity (Wildman–Crippen MR) is 100 cm³/mol. The van der Waals surface area contributed by atoms with Crippen molar-refractivity contribution in [3.05, 3.63) is 46.5 Å². The predicted octanol–water partition coefficient (Wildman–Crippen LogP) is 3.87. The van der Waals surface area contributed by atoms with Crippen LogP contribution in [0.25, 0.3) is 6.08 Å². The maximum Gasteiger partial charge on any atom is 0.163 e. The summed E-state index contributed by atoms with van der Waals surface area (Å²) in [6, 6.07) is 7.11. The molecule has 2 aliphatic rings. The Bertz CT molecular complexity index is 787. The third kappa shape index (κ3) is 3.98. The Morgan fingerprint density at radius 1 is 1.32 bits per heavy atom. The molecule has 1 aromatic rings. The summed E-state index contributed by atoms with van der Waals surface area (Å²) in [5.74, 6) is 0.487. The van der Waals surface area contributed by atoms with E-state index in [4.69, 9.17) is 4.74 Å². The average molecular weight is 362 g/mol. The van der Waals surface area contributed by atoms with E-state index < -0.39 is 15.1 Å². The van der Waals surface area contributed by atoms with Gasteiger partial charge in [-0.3, -0.25) is 0 Å². The van der Waals surface area contributed by atoms with Crippen LogP contribution in [0, 0.1) is 0 Å². The number of phenolic OH excluding ortho intramolecular Hbond substituents is 1. The summed E-state index contributed by atoms with van der Waals surface area (Å²) < 4.78 is 30.5. The highest BCUT2D eigenvalue weighted by molar-refractivity contribution is 7.92. The van der Waals surface area contributed by atoms with Crippen LogP contribution in [-0.2, 0) is 14.6 Å². The standard InChI is InChI=1S/C20H26O4S/c1-3-4-16-13-25(22,23)19-12-24-18(20(16)19)10-5-14(2)11-15-6-8-17(21)9-7-15/h6-9,11,18-19,21H,3-5,10,12-13H2,1-2H3/b14-11+/t18-,19+/m1/s1. The van der Waals surface area contributed by atoms with Crippen molar-refractivity contribution in [1.82, 2.24) is 0 Å². The second-order valence-corrected chi connectivity index (χ2v) is 9.23. The molecule has 5 heteroatoms. The zero-order chi connectivity index (χ0) is 18.0. The quantitative estimate of drug-likeness (QED) is 0.780. The topological polar surface area (TPSA) is 63.6 Å². The summed E-state index contributed by atoms with van der Waals surface area (Å²) in [5.41, 5.74) is 4.42. The van der Waals surface area contributed by atoms with Crippen molar-refractivity contribution in [2.24, 2.45) is 0 Å². The summed E-state index contributed by atoms with van der Waals surface area (Å²) in [4.78, 5) is 0. The van der Waals surface area contributed by atoms with Gasteiger partial charge in [0.1, 0.15) is 11.0 Å². The molecule has 0 aliphatic carbocycles. The van der Waals surface area contributed by atoms with Gasteiger partial charge < -0.3 is 9.84 Å². The van der Waals surface area contributed by atoms with Gasteiger partial charge in [-0.25, -0.2) is 8.42 Å². The first-order valence-corrected chi connectivity index (χ1v) is 10.6. The van der Waals surface area contributed by atoms with Crippen LogP contribution in [0.1, 0.15) is 45.1 Å². The Morgan fingerprint density at radius 3 is 2.72 bits per heavy atom. The second-order valence-electron chi connectivity index (χ2n) is 7.05. The van der Waals surface area contributed by atoms with Crippen LogP contribution in [0.15, 0.2) is 41.0 Å². The van der Waals surface area contributed by atoms with Gasteiger partial charge in [0.05, 0.1) is 18.5 Å². The van der Waals surface area contributed by atoms with Crippen molar-refractivity contribution >= 4 is 15.9 Å². The number of phenols is 1. The molecule has 0 aromatic heterocycles. The van der Waals surface area contributed by atoms with E-state index in [2.05, 4.69) is 19.9 Å². The lowest BCUT2D eigenvalue weighted by Gasteiger charge is -2.14. The number of hydrogen-bond acceptors (Lipinski definition) is 4. The SMILES string of the molecule is CCCC1=C2[C@@H](CC/C(C)=C/c3ccc(O)cc3)OC[C@@H]2S(=O)(=O)C1. The van der Waals surface area contributed by atoms with Gasteiger partial charge in [0, 0.05) is 0 Å². The van der Waals surface area contributed by atoms with Crippen LogP contribution in [0.5, 0.6) is 5.75 Å². The van der Waals surface area contributed by atoms with Crippen molar-refractivity contribution < 1.29 is 18.3 Å². The molecule has 2 aliphatic heterocycles. The molecule has 1 saturated heterocycles. The minimum atomic E-state index is -3.06. The van der Waals surface area contributed by atoms with Crippen LogP contribution < -0.4 is 0 Å². The third-order valence-corrected chi connectivity index (χ3v) is 7.03. The van der Waals surface area contributed by atoms with Gasteiger partial charge in [-0.1, -0.05) is 42.7 Å². The van der Waals surface area contributed by atoms with Gasteiger partial charge in [0.2, 0.25) is 0 Å². The lowest BCUT2D eigenvalue weighted by Crippen LogP contribution is -2.19. The Hall–Kier alpha value is -1.59. The van der Waals surface area contributed by atoms with E-state index in [1.165, 1.54) is 5.57 Å². The number of sulfone groups is 1. The van der Waals surface area contributed by atoms with E-state index in [0.29, 0.717) is 6.61 Å². The molecule has 0 bridgehead atoms. The fourth-order valence-electron chi connectivity index (χ4n) is 3.81. The molecule has 2 atom stereocenters. The fourth-order valence-corrected chi connectivity index (χ4v) is 5.80. The summed E-state index contributed by atoms with van der Waals surface area (Å²) in [5, 5.41) is 8.94. The number of aromatic hydroxyl groups is 1. The minimum Gasteiger partial charge on any atom is -0.508 e. The van der Waals surface area contributed by atoms with E-state index in [1.807, 2.05) is 12.1 Å². The number of hydrogen-bond donors (Lipinski definition) is 1. The largest absolute Gasteiger partial charge is 0.508 e. The molecule has 1 aromatic carbocycles. The molecule has 25 heavy (non-hydrogen) atoms. The van der Waals surface area contributed by atoms with Gasteiger partial charge in [-0.15, -0.1) is 0 Å². The van der Waals surface area contributed by atoms with E-state index in [1.54, 1.807) is 12.1 Å². The monoisotopic (exact) mass is 362 g/mol. The van der Waals surface area contributed by atoms with E-state index in [9.17, 15) is 13.5 Å². The third-order valence-electron chi connectivity index (χ3n) is 5.02. The lowest BCUT2D eigenvalue weighted by atomic mass is 9.95. The molecule has 3 rings (SSSR count). The summed E-state index contributed by atoms with van der Waals surface area (Å²) in [7, 11) is -3.06. The number of benzene rings is 1. The van der Waals surface area contributed by atoms with E-state index >= 15 is 0 Å². The first-order chi connectivity index (χ1) is 11.9. The van der Waals surface area contributed by atoms with Crippen LogP contribution in [0.3, 0.4) is 0 Å². The lowest BCUT2D eigenvalue weighted by molar-refractivity contribution is 0.117. The Labute approximate surface area is 150 Å². The van der Waals surface area contributed by atoms with Gasteiger partial charge in [-0.05, 0) is 49.5 Å². The number of ether oxygens (including phenoxy) is 1. The molecule has 4 nitrogen and oxygen atoms in total. The normalized spacial score (nSPS) is 25.4. The van der Waals surface area contributed by atoms with Crippen LogP contribution in [-0.4, -0.2) is 37.2 Å². The van der Waals surface area contributed by atoms with Gasteiger partial charge in [0.15, 0.2) is 9.84 Å². The molecule has 0 amide bonds. The van der Waals surface area contributed by atoms with E-state index in [-0.39, 0.29) is 17.6 Å². The molecule has 136 valence electrons. The molecule has 0 radical (unpaired) electrons. The molecule has 0 spiro atoms. The van der Waals surface area contributed by atoms with Crippen LogP contribution in [0.2, 0.25) is 0 Å². The molecular weight excluding hydrogens is 336 g/mol. The highest BCUT2D eigenvalue weighted by Gasteiger charge is 2.46. The molecule has 2 heterocycles. The Morgan fingerprint density at radius 2 is 2.04 bits per heavy atom. The molecular formula is C20H26O4S. The Kier molecular flexibility index (Phi) is 5.35. The Balaban J connectivity index is 1.69. The number of rotatable bonds is 6. The second kappa shape index (κ2) is 7.34. The first kappa shape index (κ1) is 18.2. The highest BCUT2D eigenvalue weighted by Crippen LogP contribution is 2.39. The van der Waals surface area contributed by atoms with Gasteiger partial charge >= 0.3 is 0 Å². The van der Waals surface area contributed by atoms with Gasteiger partial charge in [-0.2, -0.15) is 0 Å². The van der Waals surface area contributed by atoms with Crippen molar-refractivity contribution in [3.63, 3.8) is 0 Å². The zero-order valence-corrected chi connectivity index (χ0v) is 15.7. The maximum absolute atomic E-state index is 12.3. The van der Waals surface area contributed by atoms with Crippen molar-refractivity contribution in [3.8, 4) is 5.75 Å². The fraction of sp³-hybridized carbons (Fsp3) is 0.500. The molecule has 1 N–H and O–H groups in total. The summed E-state index contributed by atoms with van der Waals surface area (Å²) >= 11 is 0. The highest BCUT2D eigenvalue weighted by atomic mass is 32.2. The van der Waals surface area contributed by atoms with Crippen molar-refractivity contribution in [1.29, 1.82) is 0 Å². The zero-order valence-electron chi connectivity index (χ0n) is 14.9. The molecule has 0 saturated carbocycles. The maximum atomic E-state index is 12.3. The smallest absolute Gasteiger partial charge is 0.163 e. The summed E-state index contributed by atoms with van der Waals surface area (Å²) in [6.07, 6.45) is 5.53. The molecule has 1 fully saturated rings. The minimum absolute atomic E-state index is 0.0630. The van der Waals surface area contributed by atoms with Crippen molar-refractivity contribution in [2.75, 3.05) is 12.4 Å². The van der Waals surface area contributed by atoms with Crippen LogP contribution in [0.4, 0.5) is 0 Å². The average Bonchev–Trinajstić information content (AvgIpc) is 3.09. The molecule has 0 unspecified atom stereocenters.